The molecule has 0 saturated heterocycles. The van der Waals surface area contributed by atoms with Gasteiger partial charge in [-0.2, -0.15) is 0 Å². The lowest BCUT2D eigenvalue weighted by Gasteiger charge is -2.30. The molecule has 2 N–H and O–H groups in total. The van der Waals surface area contributed by atoms with Gasteiger partial charge in [0.2, 0.25) is 0 Å². The first-order chi connectivity index (χ1) is 7.81. The van der Waals surface area contributed by atoms with E-state index in [1.54, 1.807) is 0 Å². The summed E-state index contributed by atoms with van der Waals surface area (Å²) in [5, 5.41) is 1.52. The lowest BCUT2D eigenvalue weighted by Crippen LogP contribution is -2.28. The summed E-state index contributed by atoms with van der Waals surface area (Å²) in [7, 11) is 0. The Morgan fingerprint density at radius 3 is 2.75 bits per heavy atom. The molecule has 2 unspecified atom stereocenters. The molecule has 88 valence electrons. The van der Waals surface area contributed by atoms with Crippen molar-refractivity contribution in [1.82, 2.24) is 0 Å². The maximum atomic E-state index is 6.18. The molecule has 0 aromatic heterocycles. The summed E-state index contributed by atoms with van der Waals surface area (Å²) in [6.07, 6.45) is 5.22. The third-order valence-electron chi connectivity index (χ3n) is 3.26. The average Bonchev–Trinajstić information content (AvgIpc) is 2.33. The standard InChI is InChI=1S/C13H18ClNS/c14-11-6-2-4-8-13(11)16-12-7-3-1-5-10(12)9-15/h2,4,6,8,10,12H,1,3,5,7,9,15H2. The largest absolute Gasteiger partial charge is 0.330 e. The molecule has 2 rings (SSSR count). The van der Waals surface area contributed by atoms with Crippen LogP contribution < -0.4 is 5.73 Å². The minimum atomic E-state index is 0.652. The highest BCUT2D eigenvalue weighted by Gasteiger charge is 2.25. The summed E-state index contributed by atoms with van der Waals surface area (Å²) in [5.74, 6) is 0.662. The fraction of sp³-hybridized carbons (Fsp3) is 0.538. The summed E-state index contributed by atoms with van der Waals surface area (Å²) in [6, 6.07) is 8.10. The Morgan fingerprint density at radius 2 is 2.00 bits per heavy atom. The fourth-order valence-corrected chi connectivity index (χ4v) is 3.96. The van der Waals surface area contributed by atoms with Gasteiger partial charge in [0.15, 0.2) is 0 Å². The number of hydrogen-bond acceptors (Lipinski definition) is 2. The first-order valence-electron chi connectivity index (χ1n) is 5.92. The van der Waals surface area contributed by atoms with Gasteiger partial charge in [-0.15, -0.1) is 11.8 Å². The highest BCUT2D eigenvalue weighted by atomic mass is 35.5. The molecule has 0 aliphatic heterocycles. The van der Waals surface area contributed by atoms with Crippen molar-refractivity contribution in [2.45, 2.75) is 35.8 Å². The maximum absolute atomic E-state index is 6.18. The van der Waals surface area contributed by atoms with Gasteiger partial charge >= 0.3 is 0 Å². The van der Waals surface area contributed by atoms with Crippen molar-refractivity contribution in [3.05, 3.63) is 29.3 Å². The maximum Gasteiger partial charge on any atom is 0.0541 e. The summed E-state index contributed by atoms with van der Waals surface area (Å²) in [4.78, 5) is 1.20. The third-order valence-corrected chi connectivity index (χ3v) is 5.23. The molecule has 0 bridgehead atoms. The summed E-state index contributed by atoms with van der Waals surface area (Å²) in [5.41, 5.74) is 5.84. The van der Waals surface area contributed by atoms with Crippen molar-refractivity contribution in [2.75, 3.05) is 6.54 Å². The van der Waals surface area contributed by atoms with Gasteiger partial charge in [0.25, 0.3) is 0 Å². The number of benzene rings is 1. The van der Waals surface area contributed by atoms with Crippen molar-refractivity contribution >= 4 is 23.4 Å². The Hall–Kier alpha value is -0.180. The van der Waals surface area contributed by atoms with E-state index in [2.05, 4.69) is 12.1 Å². The van der Waals surface area contributed by atoms with E-state index in [9.17, 15) is 0 Å². The van der Waals surface area contributed by atoms with Crippen LogP contribution in [0.5, 0.6) is 0 Å². The molecule has 1 aliphatic carbocycles. The van der Waals surface area contributed by atoms with Gasteiger partial charge in [-0.25, -0.2) is 0 Å². The van der Waals surface area contributed by atoms with Crippen LogP contribution in [-0.4, -0.2) is 11.8 Å². The van der Waals surface area contributed by atoms with E-state index in [0.29, 0.717) is 11.2 Å². The van der Waals surface area contributed by atoms with E-state index in [1.165, 1.54) is 30.6 Å². The lowest BCUT2D eigenvalue weighted by atomic mass is 9.89. The first-order valence-corrected chi connectivity index (χ1v) is 7.18. The van der Waals surface area contributed by atoms with E-state index in [-0.39, 0.29) is 0 Å². The van der Waals surface area contributed by atoms with Crippen LogP contribution in [0, 0.1) is 5.92 Å². The quantitative estimate of drug-likeness (QED) is 0.885. The molecule has 1 aliphatic rings. The van der Waals surface area contributed by atoms with E-state index < -0.39 is 0 Å². The monoisotopic (exact) mass is 255 g/mol. The minimum Gasteiger partial charge on any atom is -0.330 e. The van der Waals surface area contributed by atoms with Crippen LogP contribution in [0.1, 0.15) is 25.7 Å². The SMILES string of the molecule is NCC1CCCCC1Sc1ccccc1Cl. The summed E-state index contributed by atoms with van der Waals surface area (Å²) >= 11 is 8.09. The van der Waals surface area contributed by atoms with Crippen molar-refractivity contribution in [3.8, 4) is 0 Å². The summed E-state index contributed by atoms with van der Waals surface area (Å²) < 4.78 is 0. The number of rotatable bonds is 3. The normalized spacial score (nSPS) is 25.6. The van der Waals surface area contributed by atoms with Crippen molar-refractivity contribution < 1.29 is 0 Å². The second kappa shape index (κ2) is 5.95. The minimum absolute atomic E-state index is 0.652. The zero-order chi connectivity index (χ0) is 11.4. The number of hydrogen-bond donors (Lipinski definition) is 1. The van der Waals surface area contributed by atoms with Crippen LogP contribution in [0.25, 0.3) is 0 Å². The van der Waals surface area contributed by atoms with Crippen LogP contribution in [0.2, 0.25) is 5.02 Å². The Bertz CT molecular complexity index is 342. The molecule has 1 saturated carbocycles. The Kier molecular flexibility index (Phi) is 4.56. The van der Waals surface area contributed by atoms with Crippen LogP contribution in [0.4, 0.5) is 0 Å². The molecule has 1 nitrogen and oxygen atoms in total. The van der Waals surface area contributed by atoms with Crippen LogP contribution in [-0.2, 0) is 0 Å². The lowest BCUT2D eigenvalue weighted by molar-refractivity contribution is 0.378. The molecule has 1 aromatic rings. The summed E-state index contributed by atoms with van der Waals surface area (Å²) in [6.45, 7) is 0.808. The molecule has 1 aromatic carbocycles. The Labute approximate surface area is 107 Å². The molecule has 1 fully saturated rings. The Morgan fingerprint density at radius 1 is 1.25 bits per heavy atom. The second-order valence-corrected chi connectivity index (χ2v) is 6.06. The molecule has 3 heteroatoms. The number of halogens is 1. The van der Waals surface area contributed by atoms with Crippen molar-refractivity contribution in [3.63, 3.8) is 0 Å². The van der Waals surface area contributed by atoms with Gasteiger partial charge in [0.1, 0.15) is 0 Å². The second-order valence-electron chi connectivity index (χ2n) is 4.37. The van der Waals surface area contributed by atoms with Crippen LogP contribution in [0.3, 0.4) is 0 Å². The van der Waals surface area contributed by atoms with Gasteiger partial charge in [0.05, 0.1) is 5.02 Å². The van der Waals surface area contributed by atoms with Gasteiger partial charge < -0.3 is 5.73 Å². The first kappa shape index (κ1) is 12.3. The fourth-order valence-electron chi connectivity index (χ4n) is 2.30. The predicted octanol–water partition coefficient (Wildman–Crippen LogP) is 3.95. The predicted molar refractivity (Wildman–Crippen MR) is 72.1 cm³/mol. The van der Waals surface area contributed by atoms with Crippen LogP contribution >= 0.6 is 23.4 Å². The van der Waals surface area contributed by atoms with Crippen molar-refractivity contribution in [1.29, 1.82) is 0 Å². The van der Waals surface area contributed by atoms with E-state index >= 15 is 0 Å². The molecule has 0 amide bonds. The third kappa shape index (κ3) is 2.93. The van der Waals surface area contributed by atoms with E-state index in [0.717, 1.165) is 11.6 Å². The highest BCUT2D eigenvalue weighted by molar-refractivity contribution is 8.00. The van der Waals surface area contributed by atoms with Gasteiger partial charge in [-0.3, -0.25) is 0 Å². The Balaban J connectivity index is 2.05. The van der Waals surface area contributed by atoms with Crippen LogP contribution in [0.15, 0.2) is 29.2 Å². The molecular formula is C13H18ClNS. The number of nitrogens with two attached hydrogens (primary N) is 1. The smallest absolute Gasteiger partial charge is 0.0541 e. The zero-order valence-corrected chi connectivity index (χ0v) is 10.9. The van der Waals surface area contributed by atoms with Crippen molar-refractivity contribution in [2.24, 2.45) is 11.7 Å². The topological polar surface area (TPSA) is 26.0 Å². The number of thioether (sulfide) groups is 1. The van der Waals surface area contributed by atoms with E-state index in [1.807, 2.05) is 23.9 Å². The average molecular weight is 256 g/mol. The van der Waals surface area contributed by atoms with Gasteiger partial charge in [-0.05, 0) is 37.4 Å². The van der Waals surface area contributed by atoms with E-state index in [4.69, 9.17) is 17.3 Å². The molecule has 2 atom stereocenters. The van der Waals surface area contributed by atoms with Gasteiger partial charge in [-0.1, -0.05) is 36.6 Å². The molecular weight excluding hydrogens is 238 g/mol. The zero-order valence-electron chi connectivity index (χ0n) is 9.36. The molecule has 0 heterocycles. The van der Waals surface area contributed by atoms with Gasteiger partial charge in [0, 0.05) is 10.1 Å². The molecule has 16 heavy (non-hydrogen) atoms. The highest BCUT2D eigenvalue weighted by Crippen LogP contribution is 2.39. The molecule has 0 radical (unpaired) electrons. The molecule has 0 spiro atoms.